The van der Waals surface area contributed by atoms with E-state index < -0.39 is 5.25 Å². The molecule has 1 atom stereocenters. The number of nitrogens with zero attached hydrogens (tertiary/aromatic N) is 3. The minimum absolute atomic E-state index is 0.0898. The minimum Gasteiger partial charge on any atom is -0.351 e. The van der Waals surface area contributed by atoms with Crippen LogP contribution in [0.3, 0.4) is 0 Å². The highest BCUT2D eigenvalue weighted by atomic mass is 32.2. The quantitative estimate of drug-likeness (QED) is 0.340. The maximum Gasteiger partial charge on any atom is 0.268 e. The summed E-state index contributed by atoms with van der Waals surface area (Å²) in [4.78, 5) is 35.2. The van der Waals surface area contributed by atoms with E-state index in [2.05, 4.69) is 15.3 Å². The Balaban J connectivity index is 1.64. The predicted octanol–water partition coefficient (Wildman–Crippen LogP) is 4.28. The summed E-state index contributed by atoms with van der Waals surface area (Å²) < 4.78 is 1.56. The Labute approximate surface area is 190 Å². The Morgan fingerprint density at radius 3 is 2.53 bits per heavy atom. The van der Waals surface area contributed by atoms with Crippen LogP contribution in [0.15, 0.2) is 82.9 Å². The Kier molecular flexibility index (Phi) is 6.66. The lowest BCUT2D eigenvalue weighted by Gasteiger charge is -2.18. The molecule has 0 radical (unpaired) electrons. The third kappa shape index (κ3) is 4.73. The number of pyridine rings is 1. The zero-order valence-electron chi connectivity index (χ0n) is 18.0. The van der Waals surface area contributed by atoms with Gasteiger partial charge in [0.2, 0.25) is 5.91 Å². The second-order valence-corrected chi connectivity index (χ2v) is 8.63. The van der Waals surface area contributed by atoms with Gasteiger partial charge in [0, 0.05) is 12.7 Å². The van der Waals surface area contributed by atoms with Crippen molar-refractivity contribution in [2.24, 2.45) is 0 Å². The first-order valence-electron chi connectivity index (χ1n) is 10.5. The molecule has 0 fully saturated rings. The fourth-order valence-corrected chi connectivity index (χ4v) is 4.39. The van der Waals surface area contributed by atoms with Crippen molar-refractivity contribution in [1.82, 2.24) is 19.9 Å². The number of carbonyl (C=O) groups excluding carboxylic acids is 1. The van der Waals surface area contributed by atoms with Gasteiger partial charge in [0.05, 0.1) is 16.3 Å². The van der Waals surface area contributed by atoms with Crippen LogP contribution < -0.4 is 10.9 Å². The van der Waals surface area contributed by atoms with E-state index in [0.717, 1.165) is 5.56 Å². The average Bonchev–Trinajstić information content (AvgIpc) is 2.82. The minimum atomic E-state index is -0.400. The van der Waals surface area contributed by atoms with Gasteiger partial charge in [-0.15, -0.1) is 0 Å². The standard InChI is InChI=1S/C25H24N4O2S/c1-3-21(23(30)27-16-18-13-11-17(2)12-14-18)32-25-28-22-20(10-7-15-26-22)24(31)29(25)19-8-5-4-6-9-19/h4-15,21H,3,16H2,1-2H3,(H,27,30). The van der Waals surface area contributed by atoms with Crippen molar-refractivity contribution < 1.29 is 4.79 Å². The van der Waals surface area contributed by atoms with Crippen LogP contribution in [0.1, 0.15) is 24.5 Å². The van der Waals surface area contributed by atoms with Gasteiger partial charge in [-0.05, 0) is 43.2 Å². The molecule has 4 rings (SSSR count). The molecule has 162 valence electrons. The van der Waals surface area contributed by atoms with Gasteiger partial charge in [-0.3, -0.25) is 14.2 Å². The molecule has 0 spiro atoms. The van der Waals surface area contributed by atoms with E-state index in [9.17, 15) is 9.59 Å². The van der Waals surface area contributed by atoms with E-state index in [-0.39, 0.29) is 11.5 Å². The van der Waals surface area contributed by atoms with E-state index in [4.69, 9.17) is 0 Å². The molecular weight excluding hydrogens is 420 g/mol. The average molecular weight is 445 g/mol. The highest BCUT2D eigenvalue weighted by Gasteiger charge is 2.22. The third-order valence-corrected chi connectivity index (χ3v) is 6.44. The first-order chi connectivity index (χ1) is 15.6. The van der Waals surface area contributed by atoms with Gasteiger partial charge in [0.25, 0.3) is 5.56 Å². The number of amides is 1. The summed E-state index contributed by atoms with van der Waals surface area (Å²) >= 11 is 1.28. The van der Waals surface area contributed by atoms with Crippen molar-refractivity contribution in [2.75, 3.05) is 0 Å². The Morgan fingerprint density at radius 1 is 1.06 bits per heavy atom. The largest absolute Gasteiger partial charge is 0.351 e. The summed E-state index contributed by atoms with van der Waals surface area (Å²) in [6.45, 7) is 4.44. The SMILES string of the molecule is CCC(Sc1nc2ncccc2c(=O)n1-c1ccccc1)C(=O)NCc1ccc(C)cc1. The number of aromatic nitrogens is 3. The van der Waals surface area contributed by atoms with Gasteiger partial charge in [-0.2, -0.15) is 0 Å². The van der Waals surface area contributed by atoms with E-state index >= 15 is 0 Å². The molecule has 7 heteroatoms. The van der Waals surface area contributed by atoms with Crippen LogP contribution in [0.2, 0.25) is 0 Å². The summed E-state index contributed by atoms with van der Waals surface area (Å²) in [6, 6.07) is 20.9. The predicted molar refractivity (Wildman–Crippen MR) is 128 cm³/mol. The number of aryl methyl sites for hydroxylation is 1. The topological polar surface area (TPSA) is 76.9 Å². The number of nitrogens with one attached hydrogen (secondary N) is 1. The van der Waals surface area contributed by atoms with Crippen LogP contribution in [0.5, 0.6) is 0 Å². The van der Waals surface area contributed by atoms with E-state index in [1.807, 2.05) is 68.4 Å². The molecule has 1 unspecified atom stereocenters. The van der Waals surface area contributed by atoms with E-state index in [1.165, 1.54) is 17.3 Å². The van der Waals surface area contributed by atoms with Gasteiger partial charge >= 0.3 is 0 Å². The zero-order valence-corrected chi connectivity index (χ0v) is 18.8. The van der Waals surface area contributed by atoms with Crippen molar-refractivity contribution in [1.29, 1.82) is 0 Å². The van der Waals surface area contributed by atoms with Crippen molar-refractivity contribution in [3.05, 3.63) is 94.4 Å². The molecule has 0 saturated carbocycles. The lowest BCUT2D eigenvalue weighted by molar-refractivity contribution is -0.120. The molecule has 2 aromatic carbocycles. The van der Waals surface area contributed by atoms with Crippen molar-refractivity contribution in [3.63, 3.8) is 0 Å². The monoisotopic (exact) mass is 444 g/mol. The molecular formula is C25H24N4O2S. The number of hydrogen-bond donors (Lipinski definition) is 1. The molecule has 0 aliphatic carbocycles. The Hall–Kier alpha value is -3.45. The van der Waals surface area contributed by atoms with Crippen LogP contribution in [-0.4, -0.2) is 25.7 Å². The molecule has 0 aliphatic heterocycles. The molecule has 0 aliphatic rings. The Morgan fingerprint density at radius 2 is 1.81 bits per heavy atom. The number of para-hydroxylation sites is 1. The highest BCUT2D eigenvalue weighted by molar-refractivity contribution is 8.00. The number of hydrogen-bond acceptors (Lipinski definition) is 5. The first-order valence-corrected chi connectivity index (χ1v) is 11.4. The van der Waals surface area contributed by atoms with Crippen molar-refractivity contribution >= 4 is 28.7 Å². The van der Waals surface area contributed by atoms with Crippen LogP contribution in [0.4, 0.5) is 0 Å². The van der Waals surface area contributed by atoms with Gasteiger partial charge < -0.3 is 5.32 Å². The van der Waals surface area contributed by atoms with Crippen LogP contribution in [0, 0.1) is 6.92 Å². The Bertz CT molecular complexity index is 1290. The molecule has 1 N–H and O–H groups in total. The van der Waals surface area contributed by atoms with E-state index in [0.29, 0.717) is 34.8 Å². The van der Waals surface area contributed by atoms with Gasteiger partial charge in [-0.1, -0.05) is 66.7 Å². The molecule has 0 saturated heterocycles. The molecule has 6 nitrogen and oxygen atoms in total. The fraction of sp³-hybridized carbons (Fsp3) is 0.200. The molecule has 4 aromatic rings. The summed E-state index contributed by atoms with van der Waals surface area (Å²) in [7, 11) is 0. The molecule has 2 heterocycles. The summed E-state index contributed by atoms with van der Waals surface area (Å²) in [6.07, 6.45) is 2.21. The number of carbonyl (C=O) groups is 1. The van der Waals surface area contributed by atoms with Gasteiger partial charge in [-0.25, -0.2) is 9.97 Å². The first kappa shape index (κ1) is 21.8. The van der Waals surface area contributed by atoms with Crippen molar-refractivity contribution in [2.45, 2.75) is 37.2 Å². The lowest BCUT2D eigenvalue weighted by Crippen LogP contribution is -2.33. The number of benzene rings is 2. The van der Waals surface area contributed by atoms with Crippen LogP contribution in [-0.2, 0) is 11.3 Å². The summed E-state index contributed by atoms with van der Waals surface area (Å²) in [5, 5.41) is 3.50. The second kappa shape index (κ2) is 9.78. The van der Waals surface area contributed by atoms with Gasteiger partial charge in [0.1, 0.15) is 0 Å². The third-order valence-electron chi connectivity index (χ3n) is 5.13. The normalized spacial score (nSPS) is 11.9. The number of rotatable bonds is 7. The smallest absolute Gasteiger partial charge is 0.268 e. The van der Waals surface area contributed by atoms with Crippen LogP contribution in [0.25, 0.3) is 16.7 Å². The molecule has 32 heavy (non-hydrogen) atoms. The van der Waals surface area contributed by atoms with E-state index in [1.54, 1.807) is 22.9 Å². The summed E-state index contributed by atoms with van der Waals surface area (Å²) in [5.41, 5.74) is 3.09. The molecule has 2 aromatic heterocycles. The molecule has 0 bridgehead atoms. The highest BCUT2D eigenvalue weighted by Crippen LogP contribution is 2.26. The van der Waals surface area contributed by atoms with Crippen molar-refractivity contribution in [3.8, 4) is 5.69 Å². The maximum absolute atomic E-state index is 13.3. The zero-order chi connectivity index (χ0) is 22.5. The van der Waals surface area contributed by atoms with Crippen LogP contribution >= 0.6 is 11.8 Å². The summed E-state index contributed by atoms with van der Waals surface area (Å²) in [5.74, 6) is -0.0898. The fourth-order valence-electron chi connectivity index (χ4n) is 3.34. The van der Waals surface area contributed by atoms with Gasteiger partial charge in [0.15, 0.2) is 10.8 Å². The maximum atomic E-state index is 13.3. The lowest BCUT2D eigenvalue weighted by atomic mass is 10.1. The number of thioether (sulfide) groups is 1. The second-order valence-electron chi connectivity index (χ2n) is 7.46. The molecule has 1 amide bonds. The number of fused-ring (bicyclic) bond motifs is 1.